The second-order valence-corrected chi connectivity index (χ2v) is 13.3. The summed E-state index contributed by atoms with van der Waals surface area (Å²) in [5.41, 5.74) is 16.1. The van der Waals surface area contributed by atoms with Gasteiger partial charge in [-0.05, 0) is 123 Å². The predicted molar refractivity (Wildman–Crippen MR) is 188 cm³/mol. The molecular weight excluding hydrogens is 530 g/mol. The molecule has 0 aliphatic heterocycles. The molecule has 0 amide bonds. The Bertz CT molecular complexity index is 2090. The standard InChI is InChI=1S/C43H39N/c1-6-43(7-2)38-18-12-11-17-33(38)34-22-20-32(27-40(34)43)44(41-19-13-8-14-28(41)3)31-21-23-37-36(26-31)35-24-29-15-9-10-16-30(29)25-39(35)42(37,4)5/h8-27H,6-7H2,1-5H3. The highest BCUT2D eigenvalue weighted by atomic mass is 15.1. The van der Waals surface area contributed by atoms with E-state index in [4.69, 9.17) is 0 Å². The van der Waals surface area contributed by atoms with Gasteiger partial charge in [0, 0.05) is 27.9 Å². The molecule has 6 aromatic carbocycles. The van der Waals surface area contributed by atoms with Crippen molar-refractivity contribution in [2.24, 2.45) is 0 Å². The maximum Gasteiger partial charge on any atom is 0.0490 e. The first-order valence-electron chi connectivity index (χ1n) is 16.2. The first-order valence-corrected chi connectivity index (χ1v) is 16.2. The van der Waals surface area contributed by atoms with E-state index in [2.05, 4.69) is 161 Å². The Kier molecular flexibility index (Phi) is 5.94. The number of hydrogen-bond acceptors (Lipinski definition) is 1. The van der Waals surface area contributed by atoms with Crippen LogP contribution in [0.25, 0.3) is 33.0 Å². The minimum Gasteiger partial charge on any atom is -0.310 e. The molecule has 2 aliphatic carbocycles. The van der Waals surface area contributed by atoms with Gasteiger partial charge in [-0.2, -0.15) is 0 Å². The van der Waals surface area contributed by atoms with Crippen molar-refractivity contribution in [1.82, 2.24) is 0 Å². The molecule has 0 saturated heterocycles. The number of rotatable bonds is 5. The fourth-order valence-corrected chi connectivity index (χ4v) is 8.40. The van der Waals surface area contributed by atoms with Gasteiger partial charge in [-0.25, -0.2) is 0 Å². The van der Waals surface area contributed by atoms with E-state index in [0.717, 1.165) is 12.8 Å². The molecule has 0 fully saturated rings. The molecule has 0 atom stereocenters. The minimum absolute atomic E-state index is 0.0291. The SMILES string of the molecule is CCC1(CC)c2ccccc2-c2ccc(N(c3ccc4c(c3)-c3cc5ccccc5cc3C4(C)C)c3ccccc3C)cc21. The van der Waals surface area contributed by atoms with Crippen molar-refractivity contribution >= 4 is 27.8 Å². The normalized spacial score (nSPS) is 15.0. The number of nitrogens with zero attached hydrogens (tertiary/aromatic N) is 1. The van der Waals surface area contributed by atoms with Crippen LogP contribution in [-0.2, 0) is 10.8 Å². The third-order valence-corrected chi connectivity index (χ3v) is 10.9. The summed E-state index contributed by atoms with van der Waals surface area (Å²) in [5, 5.41) is 2.60. The van der Waals surface area contributed by atoms with Crippen LogP contribution in [0.3, 0.4) is 0 Å². The van der Waals surface area contributed by atoms with Gasteiger partial charge in [0.15, 0.2) is 0 Å². The van der Waals surface area contributed by atoms with Crippen molar-refractivity contribution in [2.75, 3.05) is 4.90 Å². The highest BCUT2D eigenvalue weighted by molar-refractivity contribution is 5.95. The Morgan fingerprint density at radius 1 is 0.500 bits per heavy atom. The lowest BCUT2D eigenvalue weighted by Crippen LogP contribution is -2.23. The molecule has 0 bridgehead atoms. The van der Waals surface area contributed by atoms with Gasteiger partial charge in [-0.1, -0.05) is 107 Å². The largest absolute Gasteiger partial charge is 0.310 e. The Labute approximate surface area is 261 Å². The average Bonchev–Trinajstić information content (AvgIpc) is 3.46. The summed E-state index contributed by atoms with van der Waals surface area (Å²) in [6, 6.07) is 45.8. The molecule has 0 radical (unpaired) electrons. The molecule has 2 aliphatic rings. The van der Waals surface area contributed by atoms with Gasteiger partial charge in [-0.3, -0.25) is 0 Å². The number of fused-ring (bicyclic) bond motifs is 7. The topological polar surface area (TPSA) is 3.24 Å². The summed E-state index contributed by atoms with van der Waals surface area (Å²) < 4.78 is 0. The van der Waals surface area contributed by atoms with Crippen molar-refractivity contribution < 1.29 is 0 Å². The lowest BCUT2D eigenvalue weighted by atomic mass is 9.74. The second-order valence-electron chi connectivity index (χ2n) is 13.3. The van der Waals surface area contributed by atoms with E-state index in [1.165, 1.54) is 77.9 Å². The number of anilines is 3. The Hall–Kier alpha value is -4.62. The highest BCUT2D eigenvalue weighted by Gasteiger charge is 2.41. The molecule has 44 heavy (non-hydrogen) atoms. The molecule has 0 aromatic heterocycles. The van der Waals surface area contributed by atoms with Crippen LogP contribution in [0, 0.1) is 6.92 Å². The van der Waals surface area contributed by atoms with Gasteiger partial charge in [0.25, 0.3) is 0 Å². The van der Waals surface area contributed by atoms with Crippen LogP contribution in [0.5, 0.6) is 0 Å². The molecule has 6 aromatic rings. The third-order valence-electron chi connectivity index (χ3n) is 10.9. The lowest BCUT2D eigenvalue weighted by molar-refractivity contribution is 0.490. The van der Waals surface area contributed by atoms with Crippen LogP contribution in [0.4, 0.5) is 17.1 Å². The molecule has 1 nitrogen and oxygen atoms in total. The van der Waals surface area contributed by atoms with E-state index in [1.807, 2.05) is 0 Å². The summed E-state index contributed by atoms with van der Waals surface area (Å²) in [4.78, 5) is 2.49. The Morgan fingerprint density at radius 2 is 1.11 bits per heavy atom. The molecule has 216 valence electrons. The van der Waals surface area contributed by atoms with E-state index >= 15 is 0 Å². The van der Waals surface area contributed by atoms with E-state index in [9.17, 15) is 0 Å². The van der Waals surface area contributed by atoms with E-state index < -0.39 is 0 Å². The summed E-state index contributed by atoms with van der Waals surface area (Å²) >= 11 is 0. The molecule has 0 N–H and O–H groups in total. The zero-order valence-electron chi connectivity index (χ0n) is 26.4. The van der Waals surface area contributed by atoms with Crippen LogP contribution >= 0.6 is 0 Å². The van der Waals surface area contributed by atoms with Crippen LogP contribution < -0.4 is 4.90 Å². The van der Waals surface area contributed by atoms with Crippen LogP contribution in [0.2, 0.25) is 0 Å². The van der Waals surface area contributed by atoms with Crippen LogP contribution in [-0.4, -0.2) is 0 Å². The lowest BCUT2D eigenvalue weighted by Gasteiger charge is -2.32. The van der Waals surface area contributed by atoms with Crippen LogP contribution in [0.1, 0.15) is 68.4 Å². The first-order chi connectivity index (χ1) is 21.4. The third kappa shape index (κ3) is 3.65. The first kappa shape index (κ1) is 27.0. The molecule has 0 saturated carbocycles. The van der Waals surface area contributed by atoms with E-state index in [0.29, 0.717) is 0 Å². The second kappa shape index (κ2) is 9.69. The number of para-hydroxylation sites is 1. The van der Waals surface area contributed by atoms with Crippen molar-refractivity contribution in [2.45, 2.75) is 58.3 Å². The molecule has 0 heterocycles. The molecular formula is C43H39N. The van der Waals surface area contributed by atoms with Gasteiger partial charge in [0.05, 0.1) is 0 Å². The maximum absolute atomic E-state index is 2.49. The van der Waals surface area contributed by atoms with Crippen LogP contribution in [0.15, 0.2) is 121 Å². The quantitative estimate of drug-likeness (QED) is 0.200. The monoisotopic (exact) mass is 569 g/mol. The Morgan fingerprint density at radius 3 is 1.89 bits per heavy atom. The summed E-state index contributed by atoms with van der Waals surface area (Å²) in [6.07, 6.45) is 2.17. The van der Waals surface area contributed by atoms with Crippen molar-refractivity contribution in [3.63, 3.8) is 0 Å². The fourth-order valence-electron chi connectivity index (χ4n) is 8.40. The zero-order valence-corrected chi connectivity index (χ0v) is 26.4. The summed E-state index contributed by atoms with van der Waals surface area (Å²) in [6.45, 7) is 11.7. The summed E-state index contributed by atoms with van der Waals surface area (Å²) in [5.74, 6) is 0. The zero-order chi connectivity index (χ0) is 30.2. The highest BCUT2D eigenvalue weighted by Crippen LogP contribution is 2.55. The molecule has 0 unspecified atom stereocenters. The number of aryl methyl sites for hydroxylation is 1. The summed E-state index contributed by atoms with van der Waals surface area (Å²) in [7, 11) is 0. The van der Waals surface area contributed by atoms with Gasteiger partial charge in [-0.15, -0.1) is 0 Å². The molecule has 8 rings (SSSR count). The van der Waals surface area contributed by atoms with Crippen molar-refractivity contribution in [3.05, 3.63) is 149 Å². The smallest absolute Gasteiger partial charge is 0.0490 e. The van der Waals surface area contributed by atoms with Gasteiger partial charge < -0.3 is 4.90 Å². The van der Waals surface area contributed by atoms with E-state index in [1.54, 1.807) is 0 Å². The number of benzene rings is 6. The van der Waals surface area contributed by atoms with Gasteiger partial charge in [0.2, 0.25) is 0 Å². The predicted octanol–water partition coefficient (Wildman–Crippen LogP) is 12.0. The minimum atomic E-state index is -0.0536. The van der Waals surface area contributed by atoms with Gasteiger partial charge in [0.1, 0.15) is 0 Å². The molecule has 1 heteroatoms. The fraction of sp³-hybridized carbons (Fsp3) is 0.209. The van der Waals surface area contributed by atoms with Gasteiger partial charge >= 0.3 is 0 Å². The number of hydrogen-bond donors (Lipinski definition) is 0. The van der Waals surface area contributed by atoms with Crippen molar-refractivity contribution in [1.29, 1.82) is 0 Å². The van der Waals surface area contributed by atoms with Crippen molar-refractivity contribution in [3.8, 4) is 22.3 Å². The maximum atomic E-state index is 2.49. The molecule has 0 spiro atoms. The van der Waals surface area contributed by atoms with E-state index in [-0.39, 0.29) is 10.8 Å². The average molecular weight is 570 g/mol. The Balaban J connectivity index is 1.35.